The Morgan fingerprint density at radius 1 is 1.14 bits per heavy atom. The van der Waals surface area contributed by atoms with Crippen molar-refractivity contribution in [2.75, 3.05) is 0 Å². The lowest BCUT2D eigenvalue weighted by molar-refractivity contribution is 0.532. The Morgan fingerprint density at radius 3 is 2.64 bits per heavy atom. The second-order valence-corrected chi connectivity index (χ2v) is 3.65. The molecule has 0 amide bonds. The summed E-state index contributed by atoms with van der Waals surface area (Å²) in [5.41, 5.74) is 2.28. The van der Waals surface area contributed by atoms with Crippen molar-refractivity contribution in [1.82, 2.24) is 0 Å². The van der Waals surface area contributed by atoms with Gasteiger partial charge in [-0.25, -0.2) is 0 Å². The van der Waals surface area contributed by atoms with Gasteiger partial charge in [0, 0.05) is 0 Å². The number of nitriles is 2. The summed E-state index contributed by atoms with van der Waals surface area (Å²) in [4.78, 5) is 0. The average Bonchev–Trinajstić information content (AvgIpc) is 2.27. The zero-order chi connectivity index (χ0) is 9.97. The lowest BCUT2D eigenvalue weighted by Crippen LogP contribution is -2.16. The molecule has 1 aromatic carbocycles. The Hall–Kier alpha value is -1.80. The molecule has 68 valence electrons. The Bertz CT molecular complexity index is 423. The maximum absolute atomic E-state index is 8.99. The SMILES string of the molecule is N#CC1Cc2ccccc2C(C#N)C1. The summed E-state index contributed by atoms with van der Waals surface area (Å²) in [6.45, 7) is 0. The molecular formula is C12H10N2. The molecule has 1 aromatic rings. The van der Waals surface area contributed by atoms with Crippen LogP contribution in [0, 0.1) is 28.6 Å². The predicted octanol–water partition coefficient (Wildman–Crippen LogP) is 2.38. The van der Waals surface area contributed by atoms with E-state index in [1.165, 1.54) is 0 Å². The van der Waals surface area contributed by atoms with Gasteiger partial charge < -0.3 is 0 Å². The first-order valence-corrected chi connectivity index (χ1v) is 4.72. The molecule has 2 atom stereocenters. The van der Waals surface area contributed by atoms with Crippen LogP contribution < -0.4 is 0 Å². The summed E-state index contributed by atoms with van der Waals surface area (Å²) in [6.07, 6.45) is 1.48. The predicted molar refractivity (Wildman–Crippen MR) is 52.2 cm³/mol. The van der Waals surface area contributed by atoms with Crippen LogP contribution >= 0.6 is 0 Å². The fraction of sp³-hybridized carbons (Fsp3) is 0.333. The first-order valence-electron chi connectivity index (χ1n) is 4.72. The fourth-order valence-corrected chi connectivity index (χ4v) is 2.04. The monoisotopic (exact) mass is 182 g/mol. The van der Waals surface area contributed by atoms with E-state index in [9.17, 15) is 0 Å². The molecule has 2 unspecified atom stereocenters. The minimum absolute atomic E-state index is 0.00884. The molecular weight excluding hydrogens is 172 g/mol. The summed E-state index contributed by atoms with van der Waals surface area (Å²) in [5, 5.41) is 17.9. The molecule has 2 heteroatoms. The van der Waals surface area contributed by atoms with Crippen LogP contribution in [0.1, 0.15) is 23.5 Å². The number of fused-ring (bicyclic) bond motifs is 1. The van der Waals surface area contributed by atoms with Crippen LogP contribution in [-0.2, 0) is 6.42 Å². The maximum atomic E-state index is 8.99. The highest BCUT2D eigenvalue weighted by Gasteiger charge is 2.26. The van der Waals surface area contributed by atoms with Crippen LogP contribution in [0.15, 0.2) is 24.3 Å². The van der Waals surface area contributed by atoms with Gasteiger partial charge in [-0.3, -0.25) is 0 Å². The number of benzene rings is 1. The molecule has 1 aliphatic rings. The van der Waals surface area contributed by atoms with Gasteiger partial charge in [0.15, 0.2) is 0 Å². The van der Waals surface area contributed by atoms with Crippen LogP contribution in [0.5, 0.6) is 0 Å². The molecule has 0 saturated carbocycles. The molecule has 1 aliphatic carbocycles. The normalized spacial score (nSPS) is 24.4. The minimum Gasteiger partial charge on any atom is -0.198 e. The fourth-order valence-electron chi connectivity index (χ4n) is 2.04. The van der Waals surface area contributed by atoms with Gasteiger partial charge >= 0.3 is 0 Å². The Labute approximate surface area is 83.4 Å². The lowest BCUT2D eigenvalue weighted by Gasteiger charge is -2.23. The molecule has 0 saturated heterocycles. The summed E-state index contributed by atoms with van der Waals surface area (Å²) < 4.78 is 0. The van der Waals surface area contributed by atoms with Gasteiger partial charge in [0.1, 0.15) is 0 Å². The standard InChI is InChI=1S/C12H10N2/c13-7-9-5-10-3-1-2-4-12(10)11(6-9)8-14/h1-4,9,11H,5-6H2. The van der Waals surface area contributed by atoms with E-state index >= 15 is 0 Å². The molecule has 0 aliphatic heterocycles. The van der Waals surface area contributed by atoms with E-state index in [-0.39, 0.29) is 11.8 Å². The molecule has 0 spiro atoms. The zero-order valence-electron chi connectivity index (χ0n) is 7.77. The highest BCUT2D eigenvalue weighted by Crippen LogP contribution is 2.33. The molecule has 0 aromatic heterocycles. The van der Waals surface area contributed by atoms with Crippen molar-refractivity contribution < 1.29 is 0 Å². The first-order chi connectivity index (χ1) is 6.85. The molecule has 14 heavy (non-hydrogen) atoms. The van der Waals surface area contributed by atoms with E-state index < -0.39 is 0 Å². The van der Waals surface area contributed by atoms with E-state index in [4.69, 9.17) is 10.5 Å². The van der Waals surface area contributed by atoms with Crippen molar-refractivity contribution in [3.05, 3.63) is 35.4 Å². The highest BCUT2D eigenvalue weighted by molar-refractivity contribution is 5.37. The van der Waals surface area contributed by atoms with Crippen molar-refractivity contribution >= 4 is 0 Å². The van der Waals surface area contributed by atoms with Gasteiger partial charge in [-0.05, 0) is 24.0 Å². The topological polar surface area (TPSA) is 47.6 Å². The van der Waals surface area contributed by atoms with Gasteiger partial charge in [-0.1, -0.05) is 24.3 Å². The smallest absolute Gasteiger partial charge is 0.0728 e. The summed E-state index contributed by atoms with van der Waals surface area (Å²) in [7, 11) is 0. The van der Waals surface area contributed by atoms with Crippen LogP contribution in [0.4, 0.5) is 0 Å². The van der Waals surface area contributed by atoms with Crippen molar-refractivity contribution in [3.63, 3.8) is 0 Å². The lowest BCUT2D eigenvalue weighted by atomic mass is 9.78. The van der Waals surface area contributed by atoms with E-state index in [1.54, 1.807) is 0 Å². The second-order valence-electron chi connectivity index (χ2n) is 3.65. The first kappa shape index (κ1) is 8.78. The van der Waals surface area contributed by atoms with Crippen LogP contribution in [0.3, 0.4) is 0 Å². The van der Waals surface area contributed by atoms with E-state index in [0.29, 0.717) is 6.42 Å². The molecule has 0 radical (unpaired) electrons. The average molecular weight is 182 g/mol. The number of rotatable bonds is 0. The van der Waals surface area contributed by atoms with Crippen molar-refractivity contribution in [3.8, 4) is 12.1 Å². The molecule has 2 nitrogen and oxygen atoms in total. The summed E-state index contributed by atoms with van der Waals surface area (Å²) in [6, 6.07) is 12.5. The van der Waals surface area contributed by atoms with Gasteiger partial charge in [0.05, 0.1) is 24.0 Å². The van der Waals surface area contributed by atoms with Crippen molar-refractivity contribution in [1.29, 1.82) is 10.5 Å². The van der Waals surface area contributed by atoms with Gasteiger partial charge in [-0.15, -0.1) is 0 Å². The zero-order valence-corrected chi connectivity index (χ0v) is 7.77. The van der Waals surface area contributed by atoms with Crippen LogP contribution in [0.2, 0.25) is 0 Å². The highest BCUT2D eigenvalue weighted by atomic mass is 14.4. The van der Waals surface area contributed by atoms with E-state index in [1.807, 2.05) is 24.3 Å². The molecule has 2 rings (SSSR count). The largest absolute Gasteiger partial charge is 0.198 e. The third kappa shape index (κ3) is 1.36. The maximum Gasteiger partial charge on any atom is 0.0728 e. The molecule has 0 bridgehead atoms. The van der Waals surface area contributed by atoms with Crippen molar-refractivity contribution in [2.45, 2.75) is 18.8 Å². The van der Waals surface area contributed by atoms with Crippen LogP contribution in [-0.4, -0.2) is 0 Å². The summed E-state index contributed by atoms with van der Waals surface area (Å²) in [5.74, 6) is -0.0841. The Kier molecular flexibility index (Phi) is 2.21. The third-order valence-corrected chi connectivity index (χ3v) is 2.76. The van der Waals surface area contributed by atoms with Crippen molar-refractivity contribution in [2.24, 2.45) is 5.92 Å². The van der Waals surface area contributed by atoms with Gasteiger partial charge in [0.2, 0.25) is 0 Å². The Balaban J connectivity index is 2.43. The molecule has 0 heterocycles. The molecule has 0 fully saturated rings. The number of hydrogen-bond donors (Lipinski definition) is 0. The molecule has 0 N–H and O–H groups in total. The van der Waals surface area contributed by atoms with Gasteiger partial charge in [0.25, 0.3) is 0 Å². The third-order valence-electron chi connectivity index (χ3n) is 2.76. The number of nitrogens with zero attached hydrogens (tertiary/aromatic N) is 2. The van der Waals surface area contributed by atoms with Gasteiger partial charge in [-0.2, -0.15) is 10.5 Å². The minimum atomic E-state index is -0.0930. The van der Waals surface area contributed by atoms with Crippen LogP contribution in [0.25, 0.3) is 0 Å². The number of hydrogen-bond acceptors (Lipinski definition) is 2. The quantitative estimate of drug-likeness (QED) is 0.618. The Morgan fingerprint density at radius 2 is 1.93 bits per heavy atom. The van der Waals surface area contributed by atoms with E-state index in [2.05, 4.69) is 12.1 Å². The van der Waals surface area contributed by atoms with E-state index in [0.717, 1.165) is 17.5 Å². The summed E-state index contributed by atoms with van der Waals surface area (Å²) >= 11 is 0. The second kappa shape index (κ2) is 3.52.